The number of hydrogen-bond donors (Lipinski definition) is 0. The van der Waals surface area contributed by atoms with Gasteiger partial charge in [-0.25, -0.2) is 0 Å². The number of hydrogen-bond acceptors (Lipinski definition) is 1. The average molecular weight is 625 g/mol. The summed E-state index contributed by atoms with van der Waals surface area (Å²) < 4.78 is 258. The Morgan fingerprint density at radius 1 is 0.319 bits per heavy atom. The SMILES string of the molecule is [2H]c1c(-c2c([2H])c([2H])c([2H])c3c([2H])c([2H])c([2H])c([2H])c23)c([2H])c2c(oc3c([2H])c(-c4c5c([2H])c([2H])c([2H])c([2H])c5c(-c5c([2H])c([2H])c([2H])c6c([2H])c([2H])c([2H])c([2H])c56)c5c([2H])c([2H])c([2H])c([2H])c45)c([2H])c([2H])c32)c1[2H]. The van der Waals surface area contributed by atoms with Gasteiger partial charge in [-0.1, -0.05) is 145 Å². The first-order chi connectivity index (χ1) is 35.0. The zero-order valence-corrected chi connectivity index (χ0v) is 23.4. The molecule has 0 aliphatic heterocycles. The Hall–Kier alpha value is -6.18. The summed E-state index contributed by atoms with van der Waals surface area (Å²) in [7, 11) is 0. The third kappa shape index (κ3) is 3.97. The molecular formula is C46H28O. The number of fused-ring (bicyclic) bond motifs is 7. The largest absolute Gasteiger partial charge is 0.456 e. The minimum atomic E-state index is -1.02. The van der Waals surface area contributed by atoms with Gasteiger partial charge in [-0.15, -0.1) is 0 Å². The monoisotopic (exact) mass is 624 g/mol. The molecule has 1 heterocycles. The molecular weight excluding hydrogens is 569 g/mol. The van der Waals surface area contributed by atoms with E-state index in [2.05, 4.69) is 0 Å². The standard InChI is InChI=1S/C46H28O/c1-3-15-33-29(11-1)13-9-21-35(33)31-24-26-43-42(27-31)36-25-23-32(28-44(36)47-43)45-38-17-5-7-19-40(38)46(41-20-8-6-18-39(41)45)37-22-10-14-30-12-2-4-16-34(30)37/h1-28H/i1D,2D,3D,4D,5D,6D,7D,8D,9D,10D,11D,12D,13D,14D,15D,16D,17D,18D,19D,20D,21D,22D,23D,24D,25D,26D,27D,28D. The Balaban J connectivity index is 1.45. The molecule has 1 aromatic heterocycles. The zero-order valence-electron chi connectivity index (χ0n) is 51.4. The molecule has 9 aromatic carbocycles. The van der Waals surface area contributed by atoms with Crippen LogP contribution >= 0.6 is 0 Å². The van der Waals surface area contributed by atoms with Crippen LogP contribution in [0.5, 0.6) is 0 Å². The summed E-state index contributed by atoms with van der Waals surface area (Å²) in [4.78, 5) is 0. The Morgan fingerprint density at radius 3 is 1.49 bits per heavy atom. The lowest BCUT2D eigenvalue weighted by atomic mass is 9.84. The summed E-state index contributed by atoms with van der Waals surface area (Å²) in [6.45, 7) is 0. The highest BCUT2D eigenvalue weighted by Gasteiger charge is 2.19. The maximum atomic E-state index is 9.78. The molecule has 0 N–H and O–H groups in total. The van der Waals surface area contributed by atoms with Crippen LogP contribution < -0.4 is 0 Å². The second-order valence-electron chi connectivity index (χ2n) is 10.3. The molecule has 1 heteroatoms. The second-order valence-corrected chi connectivity index (χ2v) is 10.3. The lowest BCUT2D eigenvalue weighted by Gasteiger charge is -2.18. The van der Waals surface area contributed by atoms with Crippen LogP contribution in [0.3, 0.4) is 0 Å². The highest BCUT2D eigenvalue weighted by Crippen LogP contribution is 2.46. The molecule has 0 amide bonds. The third-order valence-electron chi connectivity index (χ3n) is 7.76. The molecule has 47 heavy (non-hydrogen) atoms. The molecule has 10 rings (SSSR count). The zero-order chi connectivity index (χ0) is 55.3. The summed E-state index contributed by atoms with van der Waals surface area (Å²) in [5, 5.41) is -6.33. The van der Waals surface area contributed by atoms with E-state index in [1.165, 1.54) is 0 Å². The fourth-order valence-electron chi connectivity index (χ4n) is 5.77. The predicted molar refractivity (Wildman–Crippen MR) is 200 cm³/mol. The van der Waals surface area contributed by atoms with Crippen LogP contribution in [0.15, 0.2) is 174 Å². The molecule has 0 aliphatic carbocycles. The van der Waals surface area contributed by atoms with Gasteiger partial charge in [0.25, 0.3) is 0 Å². The average Bonchev–Trinajstić information content (AvgIpc) is 3.85. The first kappa shape index (κ1) is 10.7. The van der Waals surface area contributed by atoms with Crippen molar-refractivity contribution in [2.24, 2.45) is 0 Å². The van der Waals surface area contributed by atoms with Crippen LogP contribution in [0.4, 0.5) is 0 Å². The Bertz CT molecular complexity index is 4350. The molecule has 0 radical (unpaired) electrons. The highest BCUT2D eigenvalue weighted by molar-refractivity contribution is 6.24. The number of furan rings is 1. The second kappa shape index (κ2) is 10.2. The van der Waals surface area contributed by atoms with E-state index in [4.69, 9.17) is 30.5 Å². The third-order valence-corrected chi connectivity index (χ3v) is 7.76. The Kier molecular flexibility index (Phi) is 2.31. The van der Waals surface area contributed by atoms with Gasteiger partial charge in [0.2, 0.25) is 0 Å². The summed E-state index contributed by atoms with van der Waals surface area (Å²) in [5.74, 6) is 0. The smallest absolute Gasteiger partial charge is 0.136 e. The van der Waals surface area contributed by atoms with Crippen molar-refractivity contribution in [1.82, 2.24) is 0 Å². The van der Waals surface area contributed by atoms with Crippen molar-refractivity contribution >= 4 is 65.0 Å². The van der Waals surface area contributed by atoms with Crippen LogP contribution in [0, 0.1) is 0 Å². The molecule has 0 unspecified atom stereocenters. The van der Waals surface area contributed by atoms with Crippen molar-refractivity contribution in [2.75, 3.05) is 0 Å². The first-order valence-electron chi connectivity index (χ1n) is 27.9. The summed E-state index contributed by atoms with van der Waals surface area (Å²) in [5.41, 5.74) is -5.62. The lowest BCUT2D eigenvalue weighted by molar-refractivity contribution is 0.669. The quantitative estimate of drug-likeness (QED) is 0.178. The maximum absolute atomic E-state index is 9.78. The van der Waals surface area contributed by atoms with Gasteiger partial charge in [-0.3, -0.25) is 0 Å². The number of benzene rings is 9. The molecule has 0 bridgehead atoms. The van der Waals surface area contributed by atoms with Gasteiger partial charge in [-0.05, 0) is 101 Å². The molecule has 0 fully saturated rings. The lowest BCUT2D eigenvalue weighted by Crippen LogP contribution is -1.91. The first-order valence-corrected chi connectivity index (χ1v) is 13.9. The summed E-state index contributed by atoms with van der Waals surface area (Å²) in [6.07, 6.45) is 0. The van der Waals surface area contributed by atoms with Crippen molar-refractivity contribution in [3.63, 3.8) is 0 Å². The van der Waals surface area contributed by atoms with Crippen LogP contribution in [-0.2, 0) is 0 Å². The van der Waals surface area contributed by atoms with E-state index in [1.807, 2.05) is 0 Å². The van der Waals surface area contributed by atoms with Crippen molar-refractivity contribution in [2.45, 2.75) is 0 Å². The van der Waals surface area contributed by atoms with E-state index in [0.29, 0.717) is 0 Å². The van der Waals surface area contributed by atoms with E-state index < -0.39 is 268 Å². The normalized spacial score (nSPS) is 20.2. The minimum Gasteiger partial charge on any atom is -0.456 e. The van der Waals surface area contributed by atoms with Gasteiger partial charge in [0.15, 0.2) is 0 Å². The maximum Gasteiger partial charge on any atom is 0.136 e. The van der Waals surface area contributed by atoms with Gasteiger partial charge in [0, 0.05) is 10.8 Å². The van der Waals surface area contributed by atoms with E-state index in [1.54, 1.807) is 0 Å². The molecule has 0 spiro atoms. The fourth-order valence-corrected chi connectivity index (χ4v) is 5.77. The van der Waals surface area contributed by atoms with Crippen molar-refractivity contribution in [3.05, 3.63) is 169 Å². The number of rotatable bonds is 3. The molecule has 0 aliphatic rings. The van der Waals surface area contributed by atoms with Crippen molar-refractivity contribution in [1.29, 1.82) is 0 Å². The highest BCUT2D eigenvalue weighted by atomic mass is 16.3. The van der Waals surface area contributed by atoms with Crippen molar-refractivity contribution < 1.29 is 42.8 Å². The van der Waals surface area contributed by atoms with Crippen LogP contribution in [0.2, 0.25) is 0 Å². The molecule has 1 nitrogen and oxygen atoms in total. The summed E-state index contributed by atoms with van der Waals surface area (Å²) in [6, 6.07) is -25.4. The van der Waals surface area contributed by atoms with E-state index in [0.717, 1.165) is 0 Å². The van der Waals surface area contributed by atoms with Gasteiger partial charge in [0.1, 0.15) is 11.2 Å². The van der Waals surface area contributed by atoms with Crippen molar-refractivity contribution in [3.8, 4) is 33.4 Å². The van der Waals surface area contributed by atoms with E-state index >= 15 is 0 Å². The van der Waals surface area contributed by atoms with E-state index in [-0.39, 0.29) is 0 Å². The predicted octanol–water partition coefficient (Wildman–Crippen LogP) is 13.2. The van der Waals surface area contributed by atoms with E-state index in [9.17, 15) is 12.3 Å². The van der Waals surface area contributed by atoms with Crippen LogP contribution in [0.1, 0.15) is 38.4 Å². The topological polar surface area (TPSA) is 13.1 Å². The van der Waals surface area contributed by atoms with Crippen LogP contribution in [-0.4, -0.2) is 0 Å². The summed E-state index contributed by atoms with van der Waals surface area (Å²) >= 11 is 0. The molecule has 218 valence electrons. The van der Waals surface area contributed by atoms with Gasteiger partial charge in [0.05, 0.1) is 38.4 Å². The fraction of sp³-hybridized carbons (Fsp3) is 0. The Labute approximate surface area is 311 Å². The molecule has 0 saturated carbocycles. The van der Waals surface area contributed by atoms with Gasteiger partial charge < -0.3 is 4.42 Å². The van der Waals surface area contributed by atoms with Gasteiger partial charge >= 0.3 is 0 Å². The molecule has 0 atom stereocenters. The minimum absolute atomic E-state index is 0.543. The Morgan fingerprint density at radius 2 is 0.830 bits per heavy atom. The van der Waals surface area contributed by atoms with Crippen LogP contribution in [0.25, 0.3) is 98.4 Å². The molecule has 0 saturated heterocycles. The van der Waals surface area contributed by atoms with Gasteiger partial charge in [-0.2, -0.15) is 0 Å². The molecule has 10 aromatic rings.